The van der Waals surface area contributed by atoms with Crippen LogP contribution < -0.4 is 5.32 Å². The number of rotatable bonds is 3. The molecule has 4 atom stereocenters. The third kappa shape index (κ3) is 3.59. The molecule has 2 bridgehead atoms. The molecule has 3 aromatic rings. The maximum atomic E-state index is 14.9. The number of aromatic hydroxyl groups is 1. The first-order valence-electron chi connectivity index (χ1n) is 10.2. The predicted molar refractivity (Wildman–Crippen MR) is 111 cm³/mol. The number of phenolic OH excluding ortho intramolecular Hbond substituents is 1. The Bertz CT molecular complexity index is 1060. The molecule has 0 aliphatic carbocycles. The molecular formula is C22H23FN6O. The monoisotopic (exact) mass is 406 g/mol. The second-order valence-electron chi connectivity index (χ2n) is 8.24. The Balaban J connectivity index is 1.37. The van der Waals surface area contributed by atoms with Gasteiger partial charge in [0.25, 0.3) is 0 Å². The van der Waals surface area contributed by atoms with Crippen LogP contribution in [-0.4, -0.2) is 48.1 Å². The predicted octanol–water partition coefficient (Wildman–Crippen LogP) is 3.31. The summed E-state index contributed by atoms with van der Waals surface area (Å²) in [5.41, 5.74) is 2.51. The molecule has 7 nitrogen and oxygen atoms in total. The fourth-order valence-corrected chi connectivity index (χ4v) is 4.54. The minimum absolute atomic E-state index is 0.0764. The summed E-state index contributed by atoms with van der Waals surface area (Å²) in [6.45, 7) is 2.19. The van der Waals surface area contributed by atoms with Gasteiger partial charge in [0.05, 0.1) is 18.2 Å². The molecule has 30 heavy (non-hydrogen) atoms. The van der Waals surface area contributed by atoms with Crippen molar-refractivity contribution in [2.75, 3.05) is 0 Å². The largest absolute Gasteiger partial charge is 0.507 e. The Hall–Kier alpha value is -3.13. The van der Waals surface area contributed by atoms with E-state index in [9.17, 15) is 9.50 Å². The number of phenols is 1. The molecule has 0 radical (unpaired) electrons. The molecule has 1 unspecified atom stereocenters. The van der Waals surface area contributed by atoms with Gasteiger partial charge in [0.2, 0.25) is 0 Å². The normalized spacial score (nSPS) is 27.3. The molecule has 5 rings (SSSR count). The minimum atomic E-state index is -1.02. The molecule has 2 aliphatic heterocycles. The molecule has 2 saturated heterocycles. The fourth-order valence-electron chi connectivity index (χ4n) is 4.54. The van der Waals surface area contributed by atoms with Crippen LogP contribution in [0.2, 0.25) is 0 Å². The van der Waals surface area contributed by atoms with Crippen LogP contribution in [0.5, 0.6) is 5.75 Å². The van der Waals surface area contributed by atoms with Crippen molar-refractivity contribution in [1.29, 1.82) is 0 Å². The smallest absolute Gasteiger partial charge is 0.174 e. The topological polar surface area (TPSA) is 88.8 Å². The lowest BCUT2D eigenvalue weighted by molar-refractivity contribution is 0.147. The van der Waals surface area contributed by atoms with Crippen LogP contribution in [-0.2, 0) is 0 Å². The molecule has 2 fully saturated rings. The standard InChI is InChI=1S/C22H23FN6O/c1-13-6-15-8-14(22(23)18(7-13)26-15)9-21-25-11-19(27-28-21)17-3-2-16(10-20(17)30)29-5-4-24-12-29/h2-5,9-13,15,18,22,26,30H,6-8H2,1H3/b14-9-/t13?,15-,18+,22+/m0/s1. The second kappa shape index (κ2) is 7.60. The summed E-state index contributed by atoms with van der Waals surface area (Å²) >= 11 is 0. The lowest BCUT2D eigenvalue weighted by Gasteiger charge is -2.42. The number of hydrogen-bond acceptors (Lipinski definition) is 6. The Kier molecular flexibility index (Phi) is 4.78. The summed E-state index contributed by atoms with van der Waals surface area (Å²) in [4.78, 5) is 8.35. The van der Waals surface area contributed by atoms with Gasteiger partial charge in [-0.25, -0.2) is 14.4 Å². The second-order valence-corrected chi connectivity index (χ2v) is 8.24. The van der Waals surface area contributed by atoms with E-state index in [0.717, 1.165) is 24.1 Å². The molecule has 2 aliphatic rings. The number of halogens is 1. The van der Waals surface area contributed by atoms with Crippen molar-refractivity contribution in [1.82, 2.24) is 30.0 Å². The number of aromatic nitrogens is 5. The fraction of sp³-hybridized carbons (Fsp3) is 0.364. The van der Waals surface area contributed by atoms with Gasteiger partial charge in [0.15, 0.2) is 5.82 Å². The average molecular weight is 406 g/mol. The van der Waals surface area contributed by atoms with Crippen molar-refractivity contribution >= 4 is 6.08 Å². The van der Waals surface area contributed by atoms with Gasteiger partial charge in [-0.3, -0.25) is 0 Å². The van der Waals surface area contributed by atoms with E-state index in [4.69, 9.17) is 0 Å². The van der Waals surface area contributed by atoms with Crippen LogP contribution in [0.1, 0.15) is 32.0 Å². The van der Waals surface area contributed by atoms with Crippen molar-refractivity contribution in [2.45, 2.75) is 44.4 Å². The molecule has 0 saturated carbocycles. The van der Waals surface area contributed by atoms with Gasteiger partial charge >= 0.3 is 0 Å². The van der Waals surface area contributed by atoms with Gasteiger partial charge in [0, 0.05) is 36.1 Å². The van der Waals surface area contributed by atoms with Gasteiger partial charge in [-0.2, -0.15) is 0 Å². The van der Waals surface area contributed by atoms with E-state index in [0.29, 0.717) is 35.5 Å². The zero-order valence-electron chi connectivity index (χ0n) is 16.6. The number of piperidine rings is 2. The zero-order chi connectivity index (χ0) is 20.7. The number of imidazole rings is 1. The lowest BCUT2D eigenvalue weighted by Crippen LogP contribution is -2.54. The quantitative estimate of drug-likeness (QED) is 0.694. The first-order chi connectivity index (χ1) is 14.6. The maximum Gasteiger partial charge on any atom is 0.174 e. The Morgan fingerprint density at radius 1 is 1.27 bits per heavy atom. The van der Waals surface area contributed by atoms with E-state index in [-0.39, 0.29) is 11.8 Å². The third-order valence-corrected chi connectivity index (χ3v) is 5.94. The number of benzene rings is 1. The molecule has 0 spiro atoms. The van der Waals surface area contributed by atoms with Gasteiger partial charge in [0.1, 0.15) is 17.6 Å². The van der Waals surface area contributed by atoms with Crippen LogP contribution in [0.3, 0.4) is 0 Å². The molecule has 8 heteroatoms. The zero-order valence-corrected chi connectivity index (χ0v) is 16.6. The van der Waals surface area contributed by atoms with E-state index in [1.807, 2.05) is 6.07 Å². The van der Waals surface area contributed by atoms with Crippen LogP contribution in [0.25, 0.3) is 23.0 Å². The highest BCUT2D eigenvalue weighted by Gasteiger charge is 2.38. The first-order valence-corrected chi connectivity index (χ1v) is 10.2. The molecule has 1 aromatic carbocycles. The SMILES string of the molecule is CC1C[C@H]2C/C(=C/c3ncc(-c4ccc(-n5ccnc5)cc4O)nn3)[C@@H](F)[C@@H](C1)N2. The van der Waals surface area contributed by atoms with Crippen molar-refractivity contribution in [3.05, 3.63) is 54.5 Å². The number of nitrogens with zero attached hydrogens (tertiary/aromatic N) is 5. The lowest BCUT2D eigenvalue weighted by atomic mass is 9.78. The highest BCUT2D eigenvalue weighted by atomic mass is 19.1. The van der Waals surface area contributed by atoms with E-state index < -0.39 is 6.17 Å². The van der Waals surface area contributed by atoms with Gasteiger partial charge in [-0.15, -0.1) is 10.2 Å². The van der Waals surface area contributed by atoms with E-state index in [1.165, 1.54) is 0 Å². The van der Waals surface area contributed by atoms with Crippen LogP contribution in [0.4, 0.5) is 4.39 Å². The summed E-state index contributed by atoms with van der Waals surface area (Å²) in [6, 6.07) is 5.45. The summed E-state index contributed by atoms with van der Waals surface area (Å²) < 4.78 is 16.7. The van der Waals surface area contributed by atoms with Gasteiger partial charge in [-0.05, 0) is 49.0 Å². The summed E-state index contributed by atoms with van der Waals surface area (Å²) in [5.74, 6) is 1.01. The van der Waals surface area contributed by atoms with Crippen molar-refractivity contribution < 1.29 is 9.50 Å². The van der Waals surface area contributed by atoms with E-state index >= 15 is 0 Å². The van der Waals surface area contributed by atoms with Crippen molar-refractivity contribution in [2.24, 2.45) is 5.92 Å². The van der Waals surface area contributed by atoms with E-state index in [2.05, 4.69) is 32.4 Å². The molecule has 2 aromatic heterocycles. The van der Waals surface area contributed by atoms with E-state index in [1.54, 1.807) is 47.7 Å². The molecule has 4 heterocycles. The first kappa shape index (κ1) is 18.9. The molecule has 0 amide bonds. The Morgan fingerprint density at radius 2 is 2.17 bits per heavy atom. The van der Waals surface area contributed by atoms with Crippen molar-refractivity contribution in [3.63, 3.8) is 0 Å². The Morgan fingerprint density at radius 3 is 2.90 bits per heavy atom. The number of fused-ring (bicyclic) bond motifs is 2. The molecular weight excluding hydrogens is 383 g/mol. The minimum Gasteiger partial charge on any atom is -0.507 e. The third-order valence-electron chi connectivity index (χ3n) is 5.94. The Labute approximate surface area is 173 Å². The highest BCUT2D eigenvalue weighted by Crippen LogP contribution is 2.35. The average Bonchev–Trinajstić information content (AvgIpc) is 3.27. The highest BCUT2D eigenvalue weighted by molar-refractivity contribution is 5.68. The number of alkyl halides is 1. The molecule has 2 N–H and O–H groups in total. The number of hydrogen-bond donors (Lipinski definition) is 2. The summed E-state index contributed by atoms with van der Waals surface area (Å²) in [6.07, 6.45) is 9.97. The van der Waals surface area contributed by atoms with Crippen molar-refractivity contribution in [3.8, 4) is 22.7 Å². The van der Waals surface area contributed by atoms with Gasteiger partial charge in [-0.1, -0.05) is 6.92 Å². The van der Waals surface area contributed by atoms with Crippen LogP contribution >= 0.6 is 0 Å². The summed E-state index contributed by atoms with van der Waals surface area (Å²) in [5, 5.41) is 22.2. The maximum absolute atomic E-state index is 14.9. The summed E-state index contributed by atoms with van der Waals surface area (Å²) in [7, 11) is 0. The van der Waals surface area contributed by atoms with Gasteiger partial charge < -0.3 is 15.0 Å². The molecule has 154 valence electrons. The van der Waals surface area contributed by atoms with Crippen LogP contribution in [0.15, 0.2) is 48.7 Å². The van der Waals surface area contributed by atoms with Crippen LogP contribution in [0, 0.1) is 5.92 Å². The number of nitrogens with one attached hydrogen (secondary N) is 1.